The van der Waals surface area contributed by atoms with Crippen molar-refractivity contribution in [1.29, 1.82) is 0 Å². The third kappa shape index (κ3) is 3.19. The second-order valence-electron chi connectivity index (χ2n) is 5.04. The molecule has 96 valence electrons. The highest BCUT2D eigenvalue weighted by Gasteiger charge is 2.26. The lowest BCUT2D eigenvalue weighted by atomic mass is 10.2. The highest BCUT2D eigenvalue weighted by atomic mass is 16.2. The Bertz CT molecular complexity index is 285. The minimum Gasteiger partial charge on any atom is -0.342 e. The molecule has 0 bridgehead atoms. The zero-order chi connectivity index (χ0) is 12.3. The number of rotatable bonds is 2. The fourth-order valence-electron chi connectivity index (χ4n) is 2.43. The van der Waals surface area contributed by atoms with Crippen LogP contribution in [0.5, 0.6) is 0 Å². The molecule has 0 spiro atoms. The number of nitrogens with one attached hydrogen (secondary N) is 1. The van der Waals surface area contributed by atoms with Gasteiger partial charge in [-0.3, -0.25) is 9.59 Å². The van der Waals surface area contributed by atoms with Crippen molar-refractivity contribution in [1.82, 2.24) is 15.1 Å². The van der Waals surface area contributed by atoms with Crippen molar-refractivity contribution in [2.75, 3.05) is 39.3 Å². The van der Waals surface area contributed by atoms with E-state index in [1.165, 1.54) is 0 Å². The summed E-state index contributed by atoms with van der Waals surface area (Å²) in [5, 5.41) is 3.19. The minimum atomic E-state index is -0.0175. The first-order valence-corrected chi connectivity index (χ1v) is 6.43. The SMILES string of the molecule is CC1CCN(C(=O)CC(=O)N2CCNCC2)C1. The molecule has 0 radical (unpaired) electrons. The number of hydrogen-bond acceptors (Lipinski definition) is 3. The van der Waals surface area contributed by atoms with E-state index in [0.29, 0.717) is 5.92 Å². The maximum atomic E-state index is 11.9. The van der Waals surface area contributed by atoms with Crippen molar-refractivity contribution in [3.05, 3.63) is 0 Å². The third-order valence-electron chi connectivity index (χ3n) is 3.55. The van der Waals surface area contributed by atoms with Crippen molar-refractivity contribution in [3.8, 4) is 0 Å². The normalized spacial score (nSPS) is 25.1. The summed E-state index contributed by atoms with van der Waals surface area (Å²) < 4.78 is 0. The Morgan fingerprint density at radius 1 is 1.12 bits per heavy atom. The van der Waals surface area contributed by atoms with E-state index in [9.17, 15) is 9.59 Å². The molecule has 1 atom stereocenters. The Labute approximate surface area is 102 Å². The molecule has 1 N–H and O–H groups in total. The van der Waals surface area contributed by atoms with Crippen LogP contribution < -0.4 is 5.32 Å². The van der Waals surface area contributed by atoms with Gasteiger partial charge in [0.05, 0.1) is 0 Å². The first-order valence-electron chi connectivity index (χ1n) is 6.43. The maximum Gasteiger partial charge on any atom is 0.232 e. The predicted molar refractivity (Wildman–Crippen MR) is 64.4 cm³/mol. The Balaban J connectivity index is 1.79. The van der Waals surface area contributed by atoms with Gasteiger partial charge in [-0.05, 0) is 12.3 Å². The molecule has 2 rings (SSSR count). The fourth-order valence-corrected chi connectivity index (χ4v) is 2.43. The van der Waals surface area contributed by atoms with Crippen LogP contribution in [-0.2, 0) is 9.59 Å². The molecule has 0 aromatic carbocycles. The molecular weight excluding hydrogens is 218 g/mol. The summed E-state index contributed by atoms with van der Waals surface area (Å²) in [7, 11) is 0. The molecule has 0 aliphatic carbocycles. The maximum absolute atomic E-state index is 11.9. The van der Waals surface area contributed by atoms with E-state index >= 15 is 0 Å². The highest BCUT2D eigenvalue weighted by molar-refractivity contribution is 5.97. The van der Waals surface area contributed by atoms with Gasteiger partial charge in [0.2, 0.25) is 11.8 Å². The lowest BCUT2D eigenvalue weighted by molar-refractivity contribution is -0.140. The van der Waals surface area contributed by atoms with Crippen LogP contribution in [0.25, 0.3) is 0 Å². The van der Waals surface area contributed by atoms with E-state index in [1.54, 1.807) is 4.90 Å². The number of likely N-dealkylation sites (tertiary alicyclic amines) is 1. The smallest absolute Gasteiger partial charge is 0.232 e. The number of carbonyl (C=O) groups excluding carboxylic acids is 2. The van der Waals surface area contributed by atoms with Crippen LogP contribution in [0.1, 0.15) is 19.8 Å². The third-order valence-corrected chi connectivity index (χ3v) is 3.55. The van der Waals surface area contributed by atoms with E-state index in [2.05, 4.69) is 12.2 Å². The molecule has 2 amide bonds. The number of hydrogen-bond donors (Lipinski definition) is 1. The summed E-state index contributed by atoms with van der Waals surface area (Å²) in [4.78, 5) is 27.4. The second-order valence-corrected chi connectivity index (χ2v) is 5.04. The standard InChI is InChI=1S/C12H21N3O2/c1-10-2-5-15(9-10)12(17)8-11(16)14-6-3-13-4-7-14/h10,13H,2-9H2,1H3. The van der Waals surface area contributed by atoms with Crippen molar-refractivity contribution in [2.24, 2.45) is 5.92 Å². The summed E-state index contributed by atoms with van der Waals surface area (Å²) in [6.45, 7) is 6.89. The number of carbonyl (C=O) groups is 2. The minimum absolute atomic E-state index is 0.00196. The van der Waals surface area contributed by atoms with Crippen LogP contribution >= 0.6 is 0 Å². The van der Waals surface area contributed by atoms with Gasteiger partial charge in [0, 0.05) is 39.3 Å². The number of amides is 2. The summed E-state index contributed by atoms with van der Waals surface area (Å²) in [6, 6.07) is 0. The van der Waals surface area contributed by atoms with E-state index in [4.69, 9.17) is 0 Å². The molecule has 2 fully saturated rings. The van der Waals surface area contributed by atoms with Gasteiger partial charge in [-0.1, -0.05) is 6.92 Å². The summed E-state index contributed by atoms with van der Waals surface area (Å²) in [5.74, 6) is 0.558. The molecular formula is C12H21N3O2. The Kier molecular flexibility index (Phi) is 3.99. The molecule has 2 heterocycles. The Hall–Kier alpha value is -1.10. The van der Waals surface area contributed by atoms with Crippen LogP contribution in [0.3, 0.4) is 0 Å². The number of piperazine rings is 1. The molecule has 5 heteroatoms. The lowest BCUT2D eigenvalue weighted by Gasteiger charge is -2.28. The fraction of sp³-hybridized carbons (Fsp3) is 0.833. The first kappa shape index (κ1) is 12.4. The van der Waals surface area contributed by atoms with Gasteiger partial charge >= 0.3 is 0 Å². The zero-order valence-electron chi connectivity index (χ0n) is 10.4. The molecule has 0 aromatic rings. The van der Waals surface area contributed by atoms with Crippen LogP contribution in [-0.4, -0.2) is 60.9 Å². The largest absolute Gasteiger partial charge is 0.342 e. The lowest BCUT2D eigenvalue weighted by Crippen LogP contribution is -2.47. The van der Waals surface area contributed by atoms with Gasteiger partial charge in [0.15, 0.2) is 0 Å². The van der Waals surface area contributed by atoms with Crippen molar-refractivity contribution >= 4 is 11.8 Å². The van der Waals surface area contributed by atoms with Crippen LogP contribution in [0.15, 0.2) is 0 Å². The molecule has 0 saturated carbocycles. The Morgan fingerprint density at radius 3 is 2.35 bits per heavy atom. The van der Waals surface area contributed by atoms with Gasteiger partial charge in [-0.15, -0.1) is 0 Å². The number of nitrogens with zero attached hydrogens (tertiary/aromatic N) is 2. The Morgan fingerprint density at radius 2 is 1.76 bits per heavy atom. The van der Waals surface area contributed by atoms with E-state index in [1.807, 2.05) is 4.90 Å². The van der Waals surface area contributed by atoms with Crippen molar-refractivity contribution in [3.63, 3.8) is 0 Å². The van der Waals surface area contributed by atoms with E-state index < -0.39 is 0 Å². The van der Waals surface area contributed by atoms with Gasteiger partial charge in [-0.2, -0.15) is 0 Å². The van der Waals surface area contributed by atoms with Crippen LogP contribution in [0.4, 0.5) is 0 Å². The van der Waals surface area contributed by atoms with Gasteiger partial charge in [0.25, 0.3) is 0 Å². The summed E-state index contributed by atoms with van der Waals surface area (Å²) >= 11 is 0. The average molecular weight is 239 g/mol. The predicted octanol–water partition coefficient (Wildman–Crippen LogP) is -0.323. The molecule has 2 aliphatic rings. The monoisotopic (exact) mass is 239 g/mol. The second kappa shape index (κ2) is 5.49. The van der Waals surface area contributed by atoms with Gasteiger partial charge < -0.3 is 15.1 Å². The van der Waals surface area contributed by atoms with Crippen LogP contribution in [0.2, 0.25) is 0 Å². The molecule has 5 nitrogen and oxygen atoms in total. The molecule has 0 aromatic heterocycles. The van der Waals surface area contributed by atoms with Crippen molar-refractivity contribution < 1.29 is 9.59 Å². The van der Waals surface area contributed by atoms with E-state index in [0.717, 1.165) is 45.7 Å². The van der Waals surface area contributed by atoms with Crippen LogP contribution in [0, 0.1) is 5.92 Å². The zero-order valence-corrected chi connectivity index (χ0v) is 10.4. The molecule has 2 aliphatic heterocycles. The quantitative estimate of drug-likeness (QED) is 0.672. The summed E-state index contributed by atoms with van der Waals surface area (Å²) in [5.41, 5.74) is 0. The highest BCUT2D eigenvalue weighted by Crippen LogP contribution is 2.16. The van der Waals surface area contributed by atoms with E-state index in [-0.39, 0.29) is 18.2 Å². The average Bonchev–Trinajstić information content (AvgIpc) is 2.77. The van der Waals surface area contributed by atoms with Gasteiger partial charge in [-0.25, -0.2) is 0 Å². The first-order chi connectivity index (χ1) is 8.16. The van der Waals surface area contributed by atoms with Crippen molar-refractivity contribution in [2.45, 2.75) is 19.8 Å². The molecule has 1 unspecified atom stereocenters. The topological polar surface area (TPSA) is 52.7 Å². The van der Waals surface area contributed by atoms with Gasteiger partial charge in [0.1, 0.15) is 6.42 Å². The molecule has 2 saturated heterocycles. The summed E-state index contributed by atoms with van der Waals surface area (Å²) in [6.07, 6.45) is 1.11. The molecule has 17 heavy (non-hydrogen) atoms.